The molecule has 0 fully saturated rings. The number of carbonyl (C=O) groups is 2. The molecule has 2 aromatic rings. The van der Waals surface area contributed by atoms with Crippen molar-refractivity contribution in [2.45, 2.75) is 39.5 Å². The first-order valence-corrected chi connectivity index (χ1v) is 9.77. The Bertz CT molecular complexity index is 847. The van der Waals surface area contributed by atoms with E-state index in [0.717, 1.165) is 35.5 Å². The maximum absolute atomic E-state index is 12.5. The second-order valence-corrected chi connectivity index (χ2v) is 6.73. The normalized spacial score (nSPS) is 10.3. The van der Waals surface area contributed by atoms with Crippen LogP contribution in [0.5, 0.6) is 11.5 Å². The molecule has 0 aliphatic rings. The van der Waals surface area contributed by atoms with E-state index in [1.54, 1.807) is 26.4 Å². The lowest BCUT2D eigenvalue weighted by Gasteiger charge is -2.13. The van der Waals surface area contributed by atoms with E-state index in [2.05, 4.69) is 5.32 Å². The molecular formula is C23H29NO5. The van der Waals surface area contributed by atoms with Crippen LogP contribution in [0, 0.1) is 0 Å². The Labute approximate surface area is 172 Å². The molecule has 156 valence electrons. The van der Waals surface area contributed by atoms with E-state index in [1.165, 1.54) is 6.92 Å². The summed E-state index contributed by atoms with van der Waals surface area (Å²) in [5.41, 5.74) is 2.81. The Morgan fingerprint density at radius 2 is 1.79 bits per heavy atom. The largest absolute Gasteiger partial charge is 0.497 e. The quantitative estimate of drug-likeness (QED) is 0.473. The topological polar surface area (TPSA) is 73.9 Å². The minimum atomic E-state index is -0.428. The molecule has 0 spiro atoms. The number of hydrogen-bond acceptors (Lipinski definition) is 5. The number of amides is 1. The van der Waals surface area contributed by atoms with Crippen molar-refractivity contribution >= 4 is 17.6 Å². The standard InChI is InChI=1S/C23H29NO5/c1-5-6-13-29-23(26)20-14-17(8-11-21(20)24-16(2)25)7-9-18-15-19(27-3)10-12-22(18)28-4/h8,10-12,14-15H,5-7,9,13H2,1-4H3,(H,24,25). The van der Waals surface area contributed by atoms with E-state index >= 15 is 0 Å². The average Bonchev–Trinajstić information content (AvgIpc) is 2.72. The van der Waals surface area contributed by atoms with Gasteiger partial charge >= 0.3 is 5.97 Å². The van der Waals surface area contributed by atoms with Gasteiger partial charge in [0.15, 0.2) is 0 Å². The van der Waals surface area contributed by atoms with Gasteiger partial charge in [0, 0.05) is 6.92 Å². The minimum Gasteiger partial charge on any atom is -0.497 e. The smallest absolute Gasteiger partial charge is 0.340 e. The maximum atomic E-state index is 12.5. The summed E-state index contributed by atoms with van der Waals surface area (Å²) in [5, 5.41) is 2.70. The Hall–Kier alpha value is -3.02. The van der Waals surface area contributed by atoms with Gasteiger partial charge in [0.25, 0.3) is 0 Å². The van der Waals surface area contributed by atoms with Crippen LogP contribution in [0.25, 0.3) is 0 Å². The summed E-state index contributed by atoms with van der Waals surface area (Å²) in [7, 11) is 3.26. The SMILES string of the molecule is CCCCOC(=O)c1cc(CCc2cc(OC)ccc2OC)ccc1NC(C)=O. The Balaban J connectivity index is 2.22. The van der Waals surface area contributed by atoms with Crippen LogP contribution in [0.3, 0.4) is 0 Å². The van der Waals surface area contributed by atoms with Crippen LogP contribution in [0.15, 0.2) is 36.4 Å². The number of rotatable bonds is 10. The van der Waals surface area contributed by atoms with Crippen LogP contribution in [0.4, 0.5) is 5.69 Å². The summed E-state index contributed by atoms with van der Waals surface area (Å²) in [5.74, 6) is 0.895. The summed E-state index contributed by atoms with van der Waals surface area (Å²) < 4.78 is 16.1. The van der Waals surface area contributed by atoms with Gasteiger partial charge in [-0.1, -0.05) is 19.4 Å². The van der Waals surface area contributed by atoms with Crippen molar-refractivity contribution in [1.29, 1.82) is 0 Å². The van der Waals surface area contributed by atoms with Gasteiger partial charge in [0.2, 0.25) is 5.91 Å². The zero-order valence-corrected chi connectivity index (χ0v) is 17.5. The van der Waals surface area contributed by atoms with Crippen LogP contribution < -0.4 is 14.8 Å². The van der Waals surface area contributed by atoms with Crippen molar-refractivity contribution in [3.05, 3.63) is 53.1 Å². The zero-order chi connectivity index (χ0) is 21.2. The van der Waals surface area contributed by atoms with Crippen molar-refractivity contribution in [3.63, 3.8) is 0 Å². The number of nitrogens with one attached hydrogen (secondary N) is 1. The Kier molecular flexibility index (Phi) is 8.52. The Morgan fingerprint density at radius 3 is 2.45 bits per heavy atom. The number of carbonyl (C=O) groups excluding carboxylic acids is 2. The highest BCUT2D eigenvalue weighted by molar-refractivity contribution is 6.00. The molecule has 0 aromatic heterocycles. The molecule has 29 heavy (non-hydrogen) atoms. The highest BCUT2D eigenvalue weighted by Crippen LogP contribution is 2.26. The minimum absolute atomic E-state index is 0.235. The molecule has 2 rings (SSSR count). The van der Waals surface area contributed by atoms with E-state index in [4.69, 9.17) is 14.2 Å². The van der Waals surface area contributed by atoms with E-state index in [-0.39, 0.29) is 5.91 Å². The summed E-state index contributed by atoms with van der Waals surface area (Å²) in [6.07, 6.45) is 3.15. The van der Waals surface area contributed by atoms with Crippen molar-refractivity contribution in [2.75, 3.05) is 26.1 Å². The first-order chi connectivity index (χ1) is 14.0. The van der Waals surface area contributed by atoms with E-state index < -0.39 is 5.97 Å². The second-order valence-electron chi connectivity index (χ2n) is 6.73. The zero-order valence-electron chi connectivity index (χ0n) is 17.5. The molecule has 0 unspecified atom stereocenters. The third kappa shape index (κ3) is 6.52. The lowest BCUT2D eigenvalue weighted by atomic mass is 10.0. The lowest BCUT2D eigenvalue weighted by molar-refractivity contribution is -0.114. The van der Waals surface area contributed by atoms with Gasteiger partial charge in [-0.25, -0.2) is 4.79 Å². The number of anilines is 1. The predicted octanol–water partition coefficient (Wildman–Crippen LogP) is 4.40. The molecule has 1 amide bonds. The number of ether oxygens (including phenoxy) is 3. The number of methoxy groups -OCH3 is 2. The fourth-order valence-corrected chi connectivity index (χ4v) is 2.96. The van der Waals surface area contributed by atoms with Gasteiger partial charge in [-0.15, -0.1) is 0 Å². The van der Waals surface area contributed by atoms with Crippen molar-refractivity contribution in [2.24, 2.45) is 0 Å². The van der Waals surface area contributed by atoms with Gasteiger partial charge in [0.1, 0.15) is 11.5 Å². The summed E-state index contributed by atoms with van der Waals surface area (Å²) >= 11 is 0. The molecule has 0 saturated carbocycles. The van der Waals surface area contributed by atoms with Crippen LogP contribution in [-0.4, -0.2) is 32.7 Å². The number of unbranched alkanes of at least 4 members (excludes halogenated alkanes) is 1. The molecule has 1 N–H and O–H groups in total. The predicted molar refractivity (Wildman–Crippen MR) is 113 cm³/mol. The first kappa shape index (κ1) is 22.3. The molecule has 0 aliphatic carbocycles. The number of hydrogen-bond donors (Lipinski definition) is 1. The van der Waals surface area contributed by atoms with Crippen LogP contribution >= 0.6 is 0 Å². The molecule has 0 aliphatic heterocycles. The molecular weight excluding hydrogens is 370 g/mol. The van der Waals surface area contributed by atoms with E-state index in [0.29, 0.717) is 30.7 Å². The number of aryl methyl sites for hydroxylation is 2. The molecule has 0 heterocycles. The molecule has 0 radical (unpaired) electrons. The summed E-state index contributed by atoms with van der Waals surface area (Å²) in [4.78, 5) is 24.0. The third-order valence-electron chi connectivity index (χ3n) is 4.52. The second kappa shape index (κ2) is 11.1. The molecule has 6 nitrogen and oxygen atoms in total. The highest BCUT2D eigenvalue weighted by Gasteiger charge is 2.15. The van der Waals surface area contributed by atoms with Gasteiger partial charge in [-0.2, -0.15) is 0 Å². The van der Waals surface area contributed by atoms with Gasteiger partial charge in [-0.3, -0.25) is 4.79 Å². The first-order valence-electron chi connectivity index (χ1n) is 9.77. The third-order valence-corrected chi connectivity index (χ3v) is 4.52. The van der Waals surface area contributed by atoms with Crippen LogP contribution in [0.2, 0.25) is 0 Å². The van der Waals surface area contributed by atoms with Crippen molar-refractivity contribution < 1.29 is 23.8 Å². The van der Waals surface area contributed by atoms with Crippen molar-refractivity contribution in [3.8, 4) is 11.5 Å². The van der Waals surface area contributed by atoms with Gasteiger partial charge in [0.05, 0.1) is 32.1 Å². The fraction of sp³-hybridized carbons (Fsp3) is 0.391. The molecule has 2 aromatic carbocycles. The maximum Gasteiger partial charge on any atom is 0.340 e. The van der Waals surface area contributed by atoms with Crippen molar-refractivity contribution in [1.82, 2.24) is 0 Å². The fourth-order valence-electron chi connectivity index (χ4n) is 2.96. The van der Waals surface area contributed by atoms with Gasteiger partial charge < -0.3 is 19.5 Å². The van der Waals surface area contributed by atoms with Crippen LogP contribution in [0.1, 0.15) is 48.2 Å². The monoisotopic (exact) mass is 399 g/mol. The molecule has 0 saturated heterocycles. The highest BCUT2D eigenvalue weighted by atomic mass is 16.5. The Morgan fingerprint density at radius 1 is 1.00 bits per heavy atom. The summed E-state index contributed by atoms with van der Waals surface area (Å²) in [6, 6.07) is 11.1. The van der Waals surface area contributed by atoms with E-state index in [1.807, 2.05) is 31.2 Å². The van der Waals surface area contributed by atoms with Gasteiger partial charge in [-0.05, 0) is 60.7 Å². The summed E-state index contributed by atoms with van der Waals surface area (Å²) in [6.45, 7) is 3.80. The molecule has 0 atom stereocenters. The molecule has 0 bridgehead atoms. The average molecular weight is 399 g/mol. The van der Waals surface area contributed by atoms with E-state index in [9.17, 15) is 9.59 Å². The number of benzene rings is 2. The lowest BCUT2D eigenvalue weighted by Crippen LogP contribution is -2.14. The number of esters is 1. The van der Waals surface area contributed by atoms with Crippen LogP contribution in [-0.2, 0) is 22.4 Å². The molecule has 6 heteroatoms.